The van der Waals surface area contributed by atoms with Crippen molar-refractivity contribution in [1.29, 1.82) is 0 Å². The molecule has 0 unspecified atom stereocenters. The van der Waals surface area contributed by atoms with Gasteiger partial charge >= 0.3 is 6.18 Å². The molecule has 1 fully saturated rings. The Morgan fingerprint density at radius 2 is 1.81 bits per heavy atom. The molecule has 1 aliphatic rings. The summed E-state index contributed by atoms with van der Waals surface area (Å²) in [6.07, 6.45) is -1.17. The zero-order valence-electron chi connectivity index (χ0n) is 11.0. The number of halogens is 5. The Morgan fingerprint density at radius 1 is 1.19 bits per heavy atom. The Kier molecular flexibility index (Phi) is 5.35. The maximum atomic E-state index is 13.0. The number of hydrogen-bond acceptors (Lipinski definition) is 1. The van der Waals surface area contributed by atoms with E-state index in [0.29, 0.717) is 9.30 Å². The standard InChI is InChI=1S/C14H14Br2F3NO/c15-8-1-4-10(5-2-8)20-13(21)11-6-3-9(16)7-12(11)14(17,18)19/h3,6-8,10H,1-2,4-5H2,(H,20,21). The first-order chi connectivity index (χ1) is 9.77. The summed E-state index contributed by atoms with van der Waals surface area (Å²) in [6.45, 7) is 0. The lowest BCUT2D eigenvalue weighted by Crippen LogP contribution is -2.38. The largest absolute Gasteiger partial charge is 0.417 e. The van der Waals surface area contributed by atoms with E-state index in [-0.39, 0.29) is 11.6 Å². The van der Waals surface area contributed by atoms with E-state index in [4.69, 9.17) is 0 Å². The highest BCUT2D eigenvalue weighted by Crippen LogP contribution is 2.34. The van der Waals surface area contributed by atoms with Crippen LogP contribution in [0.1, 0.15) is 41.6 Å². The number of alkyl halides is 4. The molecule has 2 nitrogen and oxygen atoms in total. The van der Waals surface area contributed by atoms with Crippen LogP contribution in [0.15, 0.2) is 22.7 Å². The Bertz CT molecular complexity index is 525. The van der Waals surface area contributed by atoms with Crippen molar-refractivity contribution in [2.24, 2.45) is 0 Å². The van der Waals surface area contributed by atoms with Crippen LogP contribution < -0.4 is 5.32 Å². The van der Waals surface area contributed by atoms with Crippen LogP contribution in [0.25, 0.3) is 0 Å². The SMILES string of the molecule is O=C(NC1CCC(Br)CC1)c1ccc(Br)cc1C(F)(F)F. The smallest absolute Gasteiger partial charge is 0.349 e. The minimum atomic E-state index is -4.55. The molecule has 0 atom stereocenters. The molecule has 0 radical (unpaired) electrons. The molecule has 1 aromatic carbocycles. The van der Waals surface area contributed by atoms with Crippen molar-refractivity contribution in [1.82, 2.24) is 5.32 Å². The topological polar surface area (TPSA) is 29.1 Å². The fourth-order valence-corrected chi connectivity index (χ4v) is 3.30. The average molecular weight is 429 g/mol. The quantitative estimate of drug-likeness (QED) is 0.666. The third-order valence-electron chi connectivity index (χ3n) is 3.52. The molecule has 1 N–H and O–H groups in total. The zero-order valence-corrected chi connectivity index (χ0v) is 14.2. The van der Waals surface area contributed by atoms with Crippen LogP contribution in [-0.4, -0.2) is 16.8 Å². The van der Waals surface area contributed by atoms with Crippen LogP contribution in [0.4, 0.5) is 13.2 Å². The van der Waals surface area contributed by atoms with Crippen molar-refractivity contribution in [3.8, 4) is 0 Å². The number of nitrogens with one attached hydrogen (secondary N) is 1. The molecule has 0 bridgehead atoms. The van der Waals surface area contributed by atoms with Crippen molar-refractivity contribution < 1.29 is 18.0 Å². The van der Waals surface area contributed by atoms with E-state index in [0.717, 1.165) is 31.7 Å². The van der Waals surface area contributed by atoms with Gasteiger partial charge in [-0.15, -0.1) is 0 Å². The van der Waals surface area contributed by atoms with Crippen molar-refractivity contribution in [2.75, 3.05) is 0 Å². The molecule has 1 amide bonds. The van der Waals surface area contributed by atoms with E-state index < -0.39 is 17.6 Å². The summed E-state index contributed by atoms with van der Waals surface area (Å²) < 4.78 is 39.3. The number of carbonyl (C=O) groups is 1. The van der Waals surface area contributed by atoms with Gasteiger partial charge in [-0.25, -0.2) is 0 Å². The number of rotatable bonds is 2. The molecule has 116 valence electrons. The van der Waals surface area contributed by atoms with E-state index in [1.54, 1.807) is 0 Å². The summed E-state index contributed by atoms with van der Waals surface area (Å²) in [6, 6.07) is 3.53. The molecule has 0 aromatic heterocycles. The number of benzene rings is 1. The lowest BCUT2D eigenvalue weighted by molar-refractivity contribution is -0.138. The van der Waals surface area contributed by atoms with Gasteiger partial charge in [0.15, 0.2) is 0 Å². The van der Waals surface area contributed by atoms with Gasteiger partial charge < -0.3 is 5.32 Å². The summed E-state index contributed by atoms with van der Waals surface area (Å²) in [4.78, 5) is 12.6. The van der Waals surface area contributed by atoms with Crippen LogP contribution in [0.3, 0.4) is 0 Å². The van der Waals surface area contributed by atoms with Gasteiger partial charge in [0.25, 0.3) is 5.91 Å². The maximum Gasteiger partial charge on any atom is 0.417 e. The van der Waals surface area contributed by atoms with Crippen LogP contribution in [0.2, 0.25) is 0 Å². The molecule has 0 saturated heterocycles. The van der Waals surface area contributed by atoms with Gasteiger partial charge in [-0.2, -0.15) is 13.2 Å². The van der Waals surface area contributed by atoms with E-state index in [1.165, 1.54) is 12.1 Å². The third-order valence-corrected chi connectivity index (χ3v) is 4.93. The minimum Gasteiger partial charge on any atom is -0.349 e. The minimum absolute atomic E-state index is 0.0592. The highest BCUT2D eigenvalue weighted by molar-refractivity contribution is 9.10. The van der Waals surface area contributed by atoms with Crippen LogP contribution in [-0.2, 0) is 6.18 Å². The Morgan fingerprint density at radius 3 is 2.38 bits per heavy atom. The highest BCUT2D eigenvalue weighted by Gasteiger charge is 2.35. The predicted octanol–water partition coefficient (Wildman–Crippen LogP) is 4.90. The molecular weight excluding hydrogens is 415 g/mol. The lowest BCUT2D eigenvalue weighted by atomic mass is 9.95. The first-order valence-electron chi connectivity index (χ1n) is 6.59. The second kappa shape index (κ2) is 6.69. The molecule has 1 saturated carbocycles. The molecule has 2 rings (SSSR count). The van der Waals surface area contributed by atoms with Crippen molar-refractivity contribution in [3.05, 3.63) is 33.8 Å². The van der Waals surface area contributed by atoms with Gasteiger partial charge in [0.1, 0.15) is 0 Å². The molecule has 1 aliphatic carbocycles. The predicted molar refractivity (Wildman–Crippen MR) is 81.6 cm³/mol. The first-order valence-corrected chi connectivity index (χ1v) is 8.30. The second-order valence-electron chi connectivity index (χ2n) is 5.11. The normalized spacial score (nSPS) is 22.9. The maximum absolute atomic E-state index is 13.0. The fraction of sp³-hybridized carbons (Fsp3) is 0.500. The molecule has 21 heavy (non-hydrogen) atoms. The molecular formula is C14H14Br2F3NO. The molecule has 0 aliphatic heterocycles. The van der Waals surface area contributed by atoms with Crippen molar-refractivity contribution in [3.63, 3.8) is 0 Å². The van der Waals surface area contributed by atoms with Crippen LogP contribution in [0, 0.1) is 0 Å². The molecule has 0 heterocycles. The van der Waals surface area contributed by atoms with E-state index in [1.807, 2.05) is 0 Å². The van der Waals surface area contributed by atoms with E-state index >= 15 is 0 Å². The number of carbonyl (C=O) groups excluding carboxylic acids is 1. The summed E-state index contributed by atoms with van der Waals surface area (Å²) in [5.41, 5.74) is -1.24. The lowest BCUT2D eigenvalue weighted by Gasteiger charge is -2.26. The van der Waals surface area contributed by atoms with E-state index in [2.05, 4.69) is 37.2 Å². The molecule has 1 aromatic rings. The van der Waals surface area contributed by atoms with Gasteiger partial charge in [-0.1, -0.05) is 31.9 Å². The average Bonchev–Trinajstić information content (AvgIpc) is 2.40. The van der Waals surface area contributed by atoms with Crippen LogP contribution >= 0.6 is 31.9 Å². The number of amides is 1. The summed E-state index contributed by atoms with van der Waals surface area (Å²) in [5, 5.41) is 2.71. The van der Waals surface area contributed by atoms with Gasteiger partial charge in [0.2, 0.25) is 0 Å². The molecule has 7 heteroatoms. The Balaban J connectivity index is 2.16. The van der Waals surface area contributed by atoms with Gasteiger partial charge in [-0.05, 0) is 43.9 Å². The van der Waals surface area contributed by atoms with Gasteiger partial charge in [-0.3, -0.25) is 4.79 Å². The van der Waals surface area contributed by atoms with Crippen molar-refractivity contribution >= 4 is 37.8 Å². The van der Waals surface area contributed by atoms with Gasteiger partial charge in [0, 0.05) is 15.3 Å². The van der Waals surface area contributed by atoms with Crippen LogP contribution in [0.5, 0.6) is 0 Å². The monoisotopic (exact) mass is 427 g/mol. The summed E-state index contributed by atoms with van der Waals surface area (Å²) >= 11 is 6.51. The third kappa shape index (κ3) is 4.45. The second-order valence-corrected chi connectivity index (χ2v) is 7.32. The number of hydrogen-bond donors (Lipinski definition) is 1. The van der Waals surface area contributed by atoms with Crippen molar-refractivity contribution in [2.45, 2.75) is 42.7 Å². The summed E-state index contributed by atoms with van der Waals surface area (Å²) in [7, 11) is 0. The molecule has 0 spiro atoms. The Hall–Kier alpha value is -0.560. The highest BCUT2D eigenvalue weighted by atomic mass is 79.9. The summed E-state index contributed by atoms with van der Waals surface area (Å²) in [5.74, 6) is -0.659. The zero-order chi connectivity index (χ0) is 15.6. The first kappa shape index (κ1) is 16.8. The van der Waals surface area contributed by atoms with E-state index in [9.17, 15) is 18.0 Å². The fourth-order valence-electron chi connectivity index (χ4n) is 2.41. The Labute approximate surface area is 137 Å². The van der Waals surface area contributed by atoms with Gasteiger partial charge in [0.05, 0.1) is 11.1 Å².